The summed E-state index contributed by atoms with van der Waals surface area (Å²) in [4.78, 5) is 10.4. The summed E-state index contributed by atoms with van der Waals surface area (Å²) in [5, 5.41) is 25.5. The molecule has 0 aromatic rings. The van der Waals surface area contributed by atoms with Crippen LogP contribution in [0.15, 0.2) is 0 Å². The summed E-state index contributed by atoms with van der Waals surface area (Å²) in [6, 6.07) is 0. The SMILES string of the molecule is CCCCCCCCNCCCCCCNCCNCCNCCNCCC(=O)O. The molecule has 7 nitrogen and oxygen atoms in total. The standard InChI is InChI=1S/C23H51N5O2/c1-2-3-4-5-6-9-13-24-14-10-7-8-11-15-25-17-19-27-21-22-28-20-18-26-16-12-23(29)30/h24-28H,2-22H2,1H3,(H,29,30). The number of hydrogen-bond acceptors (Lipinski definition) is 6. The number of aliphatic carboxylic acids is 1. The molecule has 0 aromatic carbocycles. The maximum atomic E-state index is 10.4. The van der Waals surface area contributed by atoms with Crippen molar-refractivity contribution in [2.75, 3.05) is 65.4 Å². The van der Waals surface area contributed by atoms with Gasteiger partial charge in [0.1, 0.15) is 0 Å². The molecule has 0 aliphatic rings. The lowest BCUT2D eigenvalue weighted by Crippen LogP contribution is -2.35. The van der Waals surface area contributed by atoms with E-state index in [-0.39, 0.29) is 6.42 Å². The Balaban J connectivity index is 2.99. The highest BCUT2D eigenvalue weighted by Crippen LogP contribution is 2.04. The summed E-state index contributed by atoms with van der Waals surface area (Å²) in [6.07, 6.45) is 13.7. The average molecular weight is 430 g/mol. The first kappa shape index (κ1) is 29.3. The van der Waals surface area contributed by atoms with Crippen LogP contribution in [0.4, 0.5) is 0 Å². The third-order valence-electron chi connectivity index (χ3n) is 5.12. The molecular formula is C23H51N5O2. The average Bonchev–Trinajstić information content (AvgIpc) is 2.73. The fourth-order valence-electron chi connectivity index (χ4n) is 3.23. The number of unbranched alkanes of at least 4 members (excludes halogenated alkanes) is 8. The zero-order valence-corrected chi connectivity index (χ0v) is 19.7. The van der Waals surface area contributed by atoms with E-state index >= 15 is 0 Å². The lowest BCUT2D eigenvalue weighted by Gasteiger charge is -2.08. The minimum Gasteiger partial charge on any atom is -0.481 e. The van der Waals surface area contributed by atoms with Gasteiger partial charge in [-0.1, -0.05) is 51.9 Å². The van der Waals surface area contributed by atoms with Crippen molar-refractivity contribution in [3.05, 3.63) is 0 Å². The van der Waals surface area contributed by atoms with Crippen LogP contribution in [-0.4, -0.2) is 76.5 Å². The largest absolute Gasteiger partial charge is 0.481 e. The minimum absolute atomic E-state index is 0.186. The molecule has 0 saturated carbocycles. The van der Waals surface area contributed by atoms with Crippen LogP contribution >= 0.6 is 0 Å². The van der Waals surface area contributed by atoms with Crippen LogP contribution in [0.5, 0.6) is 0 Å². The molecular weight excluding hydrogens is 378 g/mol. The maximum absolute atomic E-state index is 10.4. The van der Waals surface area contributed by atoms with Crippen molar-refractivity contribution in [3.8, 4) is 0 Å². The predicted octanol–water partition coefficient (Wildman–Crippen LogP) is 2.33. The molecule has 0 aliphatic heterocycles. The number of nitrogens with one attached hydrogen (secondary N) is 5. The number of carboxylic acids is 1. The summed E-state index contributed by atoms with van der Waals surface area (Å²) in [5.74, 6) is -0.750. The van der Waals surface area contributed by atoms with Crippen LogP contribution in [-0.2, 0) is 4.79 Å². The summed E-state index contributed by atoms with van der Waals surface area (Å²) >= 11 is 0. The molecule has 0 saturated heterocycles. The second kappa shape index (κ2) is 26.3. The highest BCUT2D eigenvalue weighted by Gasteiger charge is 1.95. The number of carboxylic acid groups (broad SMARTS) is 1. The fraction of sp³-hybridized carbons (Fsp3) is 0.957. The highest BCUT2D eigenvalue weighted by molar-refractivity contribution is 5.66. The Hall–Kier alpha value is -0.730. The molecule has 0 bridgehead atoms. The normalized spacial score (nSPS) is 11.2. The summed E-state index contributed by atoms with van der Waals surface area (Å²) in [5.41, 5.74) is 0. The van der Waals surface area contributed by atoms with Crippen molar-refractivity contribution in [1.82, 2.24) is 26.6 Å². The number of hydrogen-bond donors (Lipinski definition) is 6. The molecule has 0 rings (SSSR count). The van der Waals surface area contributed by atoms with Crippen molar-refractivity contribution >= 4 is 5.97 Å². The Morgan fingerprint density at radius 1 is 0.500 bits per heavy atom. The van der Waals surface area contributed by atoms with Crippen LogP contribution in [0.1, 0.15) is 77.6 Å². The van der Waals surface area contributed by atoms with E-state index < -0.39 is 5.97 Å². The number of rotatable bonds is 26. The third-order valence-corrected chi connectivity index (χ3v) is 5.12. The maximum Gasteiger partial charge on any atom is 0.304 e. The van der Waals surface area contributed by atoms with E-state index in [4.69, 9.17) is 5.11 Å². The molecule has 7 heteroatoms. The van der Waals surface area contributed by atoms with Gasteiger partial charge in [-0.3, -0.25) is 4.79 Å². The van der Waals surface area contributed by atoms with E-state index in [0.29, 0.717) is 6.54 Å². The van der Waals surface area contributed by atoms with Gasteiger partial charge >= 0.3 is 5.97 Å². The molecule has 6 N–H and O–H groups in total. The van der Waals surface area contributed by atoms with Crippen molar-refractivity contribution in [3.63, 3.8) is 0 Å². The van der Waals surface area contributed by atoms with Gasteiger partial charge < -0.3 is 31.7 Å². The van der Waals surface area contributed by atoms with Crippen molar-refractivity contribution in [1.29, 1.82) is 0 Å². The van der Waals surface area contributed by atoms with E-state index in [2.05, 4.69) is 33.5 Å². The Labute approximate surface area is 185 Å². The first-order valence-corrected chi connectivity index (χ1v) is 12.5. The lowest BCUT2D eigenvalue weighted by molar-refractivity contribution is -0.136. The molecule has 180 valence electrons. The van der Waals surface area contributed by atoms with Gasteiger partial charge in [-0.2, -0.15) is 0 Å². The molecule has 0 heterocycles. The van der Waals surface area contributed by atoms with Crippen LogP contribution in [0.2, 0.25) is 0 Å². The molecule has 0 radical (unpaired) electrons. The Morgan fingerprint density at radius 2 is 0.833 bits per heavy atom. The molecule has 0 aromatic heterocycles. The van der Waals surface area contributed by atoms with Gasteiger partial charge in [0.25, 0.3) is 0 Å². The van der Waals surface area contributed by atoms with Crippen LogP contribution in [0.3, 0.4) is 0 Å². The molecule has 0 amide bonds. The van der Waals surface area contributed by atoms with E-state index in [9.17, 15) is 4.79 Å². The van der Waals surface area contributed by atoms with E-state index in [1.165, 1.54) is 77.3 Å². The zero-order chi connectivity index (χ0) is 22.0. The molecule has 0 spiro atoms. The summed E-state index contributed by atoms with van der Waals surface area (Å²) < 4.78 is 0. The highest BCUT2D eigenvalue weighted by atomic mass is 16.4. The predicted molar refractivity (Wildman–Crippen MR) is 128 cm³/mol. The Bertz CT molecular complexity index is 346. The van der Waals surface area contributed by atoms with Gasteiger partial charge in [0, 0.05) is 45.8 Å². The molecule has 0 aliphatic carbocycles. The second-order valence-corrected chi connectivity index (χ2v) is 8.08. The van der Waals surface area contributed by atoms with Gasteiger partial charge in [0.15, 0.2) is 0 Å². The molecule has 0 unspecified atom stereocenters. The van der Waals surface area contributed by atoms with Gasteiger partial charge in [0.2, 0.25) is 0 Å². The van der Waals surface area contributed by atoms with E-state index in [1.807, 2.05) is 0 Å². The van der Waals surface area contributed by atoms with Gasteiger partial charge in [-0.15, -0.1) is 0 Å². The molecule has 0 fully saturated rings. The Kier molecular flexibility index (Phi) is 25.7. The van der Waals surface area contributed by atoms with Gasteiger partial charge in [-0.05, 0) is 38.9 Å². The van der Waals surface area contributed by atoms with E-state index in [0.717, 1.165) is 45.8 Å². The second-order valence-electron chi connectivity index (χ2n) is 8.08. The van der Waals surface area contributed by atoms with Crippen LogP contribution < -0.4 is 26.6 Å². The van der Waals surface area contributed by atoms with Crippen molar-refractivity contribution in [2.45, 2.75) is 77.6 Å². The smallest absolute Gasteiger partial charge is 0.304 e. The summed E-state index contributed by atoms with van der Waals surface area (Å²) in [6.45, 7) is 11.9. The Morgan fingerprint density at radius 3 is 1.27 bits per heavy atom. The lowest BCUT2D eigenvalue weighted by atomic mass is 10.1. The third kappa shape index (κ3) is 27.3. The topological polar surface area (TPSA) is 97.5 Å². The first-order valence-electron chi connectivity index (χ1n) is 12.5. The number of carbonyl (C=O) groups is 1. The van der Waals surface area contributed by atoms with Gasteiger partial charge in [-0.25, -0.2) is 0 Å². The minimum atomic E-state index is -0.750. The monoisotopic (exact) mass is 429 g/mol. The first-order chi connectivity index (χ1) is 14.8. The van der Waals surface area contributed by atoms with Crippen molar-refractivity contribution in [2.24, 2.45) is 0 Å². The van der Waals surface area contributed by atoms with Crippen LogP contribution in [0, 0.1) is 0 Å². The molecule has 30 heavy (non-hydrogen) atoms. The van der Waals surface area contributed by atoms with Crippen LogP contribution in [0.25, 0.3) is 0 Å². The summed E-state index contributed by atoms with van der Waals surface area (Å²) in [7, 11) is 0. The van der Waals surface area contributed by atoms with Gasteiger partial charge in [0.05, 0.1) is 6.42 Å². The van der Waals surface area contributed by atoms with Crippen molar-refractivity contribution < 1.29 is 9.90 Å². The van der Waals surface area contributed by atoms with E-state index in [1.54, 1.807) is 0 Å². The quantitative estimate of drug-likeness (QED) is 0.117. The zero-order valence-electron chi connectivity index (χ0n) is 19.7. The molecule has 0 atom stereocenters. The fourth-order valence-corrected chi connectivity index (χ4v) is 3.23.